The van der Waals surface area contributed by atoms with Gasteiger partial charge in [0.05, 0.1) is 12.3 Å². The number of nitrogens with zero attached hydrogens (tertiary/aromatic N) is 1. The second-order valence-electron chi connectivity index (χ2n) is 4.64. The molecule has 22 heavy (non-hydrogen) atoms. The van der Waals surface area contributed by atoms with E-state index in [2.05, 4.69) is 0 Å². The van der Waals surface area contributed by atoms with Gasteiger partial charge in [0, 0.05) is 24.3 Å². The van der Waals surface area contributed by atoms with E-state index in [4.69, 9.17) is 9.84 Å². The fourth-order valence-electron chi connectivity index (χ4n) is 2.17. The fraction of sp³-hybridized carbons (Fsp3) is 0.176. The number of rotatable bonds is 5. The molecule has 0 spiro atoms. The maximum absolute atomic E-state index is 12.3. The molecule has 0 bridgehead atoms. The van der Waals surface area contributed by atoms with Gasteiger partial charge in [-0.15, -0.1) is 0 Å². The molecular weight excluding hydrogens is 282 g/mol. The Morgan fingerprint density at radius 1 is 1.27 bits per heavy atom. The Kier molecular flexibility index (Phi) is 4.78. The van der Waals surface area contributed by atoms with Gasteiger partial charge in [0.25, 0.3) is 5.56 Å². The van der Waals surface area contributed by atoms with Crippen molar-refractivity contribution in [2.75, 3.05) is 6.61 Å². The summed E-state index contributed by atoms with van der Waals surface area (Å²) in [7, 11) is 1.65. The first-order chi connectivity index (χ1) is 10.5. The standard InChI is InChI=1S/C17H17NO4/c1-3-22-15-7-5-4-6-13(15)14-10-8-12(9-11-16(19)20)17(21)18(14)2/h4-11H,3H2,1-2H3,(H,19,20)/b11-9+. The number of aliphatic carboxylic acids is 1. The van der Waals surface area contributed by atoms with Crippen LogP contribution < -0.4 is 10.3 Å². The molecule has 5 heteroatoms. The van der Waals surface area contributed by atoms with Gasteiger partial charge in [-0.2, -0.15) is 0 Å². The van der Waals surface area contributed by atoms with Crippen molar-refractivity contribution in [1.29, 1.82) is 0 Å². The Morgan fingerprint density at radius 3 is 2.68 bits per heavy atom. The van der Waals surface area contributed by atoms with E-state index >= 15 is 0 Å². The largest absolute Gasteiger partial charge is 0.493 e. The van der Waals surface area contributed by atoms with E-state index in [9.17, 15) is 9.59 Å². The predicted octanol–water partition coefficient (Wildman–Crippen LogP) is 2.55. The van der Waals surface area contributed by atoms with Crippen LogP contribution in [0.3, 0.4) is 0 Å². The average molecular weight is 299 g/mol. The number of para-hydroxylation sites is 1. The molecule has 0 amide bonds. The van der Waals surface area contributed by atoms with Crippen LogP contribution in [0, 0.1) is 0 Å². The number of ether oxygens (including phenoxy) is 1. The number of aromatic nitrogens is 1. The normalized spacial score (nSPS) is 10.8. The molecule has 0 saturated heterocycles. The summed E-state index contributed by atoms with van der Waals surface area (Å²) in [5.41, 5.74) is 1.59. The lowest BCUT2D eigenvalue weighted by molar-refractivity contribution is -0.131. The van der Waals surface area contributed by atoms with Gasteiger partial charge in [0.15, 0.2) is 0 Å². The van der Waals surface area contributed by atoms with Crippen LogP contribution in [0.15, 0.2) is 47.3 Å². The van der Waals surface area contributed by atoms with Crippen LogP contribution >= 0.6 is 0 Å². The van der Waals surface area contributed by atoms with Gasteiger partial charge < -0.3 is 14.4 Å². The molecule has 0 radical (unpaired) electrons. The molecule has 1 N–H and O–H groups in total. The maximum Gasteiger partial charge on any atom is 0.328 e. The molecule has 0 aliphatic carbocycles. The highest BCUT2D eigenvalue weighted by molar-refractivity contribution is 5.85. The number of hydrogen-bond acceptors (Lipinski definition) is 3. The van der Waals surface area contributed by atoms with E-state index in [0.717, 1.165) is 11.6 Å². The molecule has 114 valence electrons. The van der Waals surface area contributed by atoms with Crippen molar-refractivity contribution >= 4 is 12.0 Å². The molecule has 0 aliphatic rings. The van der Waals surface area contributed by atoms with Gasteiger partial charge in [0.1, 0.15) is 5.75 Å². The van der Waals surface area contributed by atoms with Crippen molar-refractivity contribution in [2.24, 2.45) is 7.05 Å². The Labute approximate surface area is 128 Å². The van der Waals surface area contributed by atoms with E-state index < -0.39 is 5.97 Å². The van der Waals surface area contributed by atoms with Crippen molar-refractivity contribution in [3.8, 4) is 17.0 Å². The van der Waals surface area contributed by atoms with Crippen LogP contribution in [0.5, 0.6) is 5.75 Å². The van der Waals surface area contributed by atoms with E-state index in [-0.39, 0.29) is 5.56 Å². The van der Waals surface area contributed by atoms with Gasteiger partial charge in [-0.1, -0.05) is 12.1 Å². The Morgan fingerprint density at radius 2 is 2.00 bits per heavy atom. The number of hydrogen-bond donors (Lipinski definition) is 1. The second-order valence-corrected chi connectivity index (χ2v) is 4.64. The zero-order valence-electron chi connectivity index (χ0n) is 12.4. The summed E-state index contributed by atoms with van der Waals surface area (Å²) >= 11 is 0. The molecular formula is C17H17NO4. The number of benzene rings is 1. The lowest BCUT2D eigenvalue weighted by Gasteiger charge is -2.13. The molecule has 5 nitrogen and oxygen atoms in total. The maximum atomic E-state index is 12.3. The van der Waals surface area contributed by atoms with Crippen molar-refractivity contribution in [2.45, 2.75) is 6.92 Å². The number of carboxylic acid groups (broad SMARTS) is 1. The van der Waals surface area contributed by atoms with Gasteiger partial charge in [-0.25, -0.2) is 4.79 Å². The molecule has 2 aromatic rings. The molecule has 0 unspecified atom stereocenters. The summed E-state index contributed by atoms with van der Waals surface area (Å²) in [6.45, 7) is 2.43. The van der Waals surface area contributed by atoms with E-state index in [1.165, 1.54) is 10.6 Å². The fourth-order valence-corrected chi connectivity index (χ4v) is 2.17. The van der Waals surface area contributed by atoms with Crippen LogP contribution in [-0.2, 0) is 11.8 Å². The summed E-state index contributed by atoms with van der Waals surface area (Å²) in [6.07, 6.45) is 2.24. The van der Waals surface area contributed by atoms with E-state index in [1.807, 2.05) is 31.2 Å². The van der Waals surface area contributed by atoms with Crippen molar-refractivity contribution in [3.63, 3.8) is 0 Å². The minimum atomic E-state index is -1.09. The van der Waals surface area contributed by atoms with Crippen molar-refractivity contribution in [1.82, 2.24) is 4.57 Å². The summed E-state index contributed by atoms with van der Waals surface area (Å²) < 4.78 is 7.07. The molecule has 0 aliphatic heterocycles. The monoisotopic (exact) mass is 299 g/mol. The van der Waals surface area contributed by atoms with Crippen LogP contribution in [0.4, 0.5) is 0 Å². The highest BCUT2D eigenvalue weighted by Crippen LogP contribution is 2.28. The number of carboxylic acids is 1. The van der Waals surface area contributed by atoms with Crippen LogP contribution in [0.25, 0.3) is 17.3 Å². The minimum Gasteiger partial charge on any atom is -0.493 e. The third-order valence-corrected chi connectivity index (χ3v) is 3.20. The Bertz CT molecular complexity index is 774. The third kappa shape index (κ3) is 3.25. The van der Waals surface area contributed by atoms with Gasteiger partial charge in [-0.05, 0) is 37.3 Å². The van der Waals surface area contributed by atoms with Crippen LogP contribution in [-0.4, -0.2) is 22.2 Å². The van der Waals surface area contributed by atoms with Crippen LogP contribution in [0.1, 0.15) is 12.5 Å². The molecule has 1 heterocycles. The zero-order chi connectivity index (χ0) is 16.1. The van der Waals surface area contributed by atoms with Crippen LogP contribution in [0.2, 0.25) is 0 Å². The Balaban J connectivity index is 2.53. The number of carbonyl (C=O) groups is 1. The second kappa shape index (κ2) is 6.76. The smallest absolute Gasteiger partial charge is 0.328 e. The minimum absolute atomic E-state index is 0.263. The molecule has 0 fully saturated rings. The highest BCUT2D eigenvalue weighted by atomic mass is 16.5. The van der Waals surface area contributed by atoms with Crippen molar-refractivity contribution < 1.29 is 14.6 Å². The first-order valence-corrected chi connectivity index (χ1v) is 6.87. The van der Waals surface area contributed by atoms with Gasteiger partial charge in [-0.3, -0.25) is 4.79 Å². The van der Waals surface area contributed by atoms with Gasteiger partial charge in [0.2, 0.25) is 0 Å². The summed E-state index contributed by atoms with van der Waals surface area (Å²) in [4.78, 5) is 22.9. The molecule has 2 rings (SSSR count). The van der Waals surface area contributed by atoms with Crippen molar-refractivity contribution in [3.05, 3.63) is 58.4 Å². The molecule has 0 saturated carbocycles. The first kappa shape index (κ1) is 15.6. The first-order valence-electron chi connectivity index (χ1n) is 6.87. The Hall–Kier alpha value is -2.82. The predicted molar refractivity (Wildman–Crippen MR) is 85.0 cm³/mol. The number of pyridine rings is 1. The van der Waals surface area contributed by atoms with Gasteiger partial charge >= 0.3 is 5.97 Å². The lowest BCUT2D eigenvalue weighted by atomic mass is 10.1. The molecule has 1 aromatic carbocycles. The van der Waals surface area contributed by atoms with E-state index in [1.54, 1.807) is 19.2 Å². The topological polar surface area (TPSA) is 68.5 Å². The highest BCUT2D eigenvalue weighted by Gasteiger charge is 2.10. The third-order valence-electron chi connectivity index (χ3n) is 3.20. The quantitative estimate of drug-likeness (QED) is 0.861. The summed E-state index contributed by atoms with van der Waals surface area (Å²) in [6, 6.07) is 10.9. The zero-order valence-corrected chi connectivity index (χ0v) is 12.4. The SMILES string of the molecule is CCOc1ccccc1-c1ccc(/C=C/C(=O)O)c(=O)n1C. The average Bonchev–Trinajstić information content (AvgIpc) is 2.50. The summed E-state index contributed by atoms with van der Waals surface area (Å²) in [5.74, 6) is -0.387. The molecule has 1 aromatic heterocycles. The van der Waals surface area contributed by atoms with E-state index in [0.29, 0.717) is 23.6 Å². The summed E-state index contributed by atoms with van der Waals surface area (Å²) in [5, 5.41) is 8.65. The lowest BCUT2D eigenvalue weighted by Crippen LogP contribution is -2.20. The molecule has 0 atom stereocenters.